The highest BCUT2D eigenvalue weighted by Crippen LogP contribution is 2.49. The topological polar surface area (TPSA) is 74.7 Å². The predicted octanol–water partition coefficient (Wildman–Crippen LogP) is 1.86. The summed E-state index contributed by atoms with van der Waals surface area (Å²) < 4.78 is 26.5. The van der Waals surface area contributed by atoms with Crippen molar-refractivity contribution in [1.29, 1.82) is 0 Å². The Bertz CT molecular complexity index is 633. The Hall–Kier alpha value is -0.920. The maximum atomic E-state index is 12.5. The fourth-order valence-electron chi connectivity index (χ4n) is 2.84. The lowest BCUT2D eigenvalue weighted by molar-refractivity contribution is -0.136. The van der Waals surface area contributed by atoms with Crippen molar-refractivity contribution >= 4 is 27.3 Å². The molecule has 1 aliphatic carbocycles. The molecule has 1 aromatic heterocycles. The van der Waals surface area contributed by atoms with E-state index in [0.717, 1.165) is 18.4 Å². The quantitative estimate of drug-likeness (QED) is 0.920. The standard InChI is InChI=1S/C13H17NO4S2/c1-8(13(15)16)20(17,18)14-6-4-11-10(5-7-19-11)12(14)9-2-3-9/h5,7-9,12H,2-4,6H2,1H3,(H,15,16). The molecule has 1 N–H and O–H groups in total. The molecule has 0 amide bonds. The first-order chi connectivity index (χ1) is 9.43. The van der Waals surface area contributed by atoms with E-state index in [4.69, 9.17) is 5.11 Å². The molecule has 2 aliphatic rings. The van der Waals surface area contributed by atoms with Gasteiger partial charge in [0.05, 0.1) is 6.04 Å². The summed E-state index contributed by atoms with van der Waals surface area (Å²) in [7, 11) is -3.80. The van der Waals surface area contributed by atoms with E-state index in [1.807, 2.05) is 11.4 Å². The van der Waals surface area contributed by atoms with Crippen LogP contribution in [0.5, 0.6) is 0 Å². The summed E-state index contributed by atoms with van der Waals surface area (Å²) in [5.41, 5.74) is 1.09. The summed E-state index contributed by atoms with van der Waals surface area (Å²) in [6.07, 6.45) is 2.72. The lowest BCUT2D eigenvalue weighted by Gasteiger charge is -2.36. The van der Waals surface area contributed by atoms with Gasteiger partial charge in [-0.25, -0.2) is 8.42 Å². The highest BCUT2D eigenvalue weighted by atomic mass is 32.2. The van der Waals surface area contributed by atoms with Crippen LogP contribution in [-0.2, 0) is 21.2 Å². The average Bonchev–Trinajstić information content (AvgIpc) is 3.13. The van der Waals surface area contributed by atoms with Crippen LogP contribution in [0, 0.1) is 5.92 Å². The van der Waals surface area contributed by atoms with Gasteiger partial charge in [-0.05, 0) is 49.1 Å². The van der Waals surface area contributed by atoms with Crippen LogP contribution in [0.2, 0.25) is 0 Å². The number of carbonyl (C=O) groups is 1. The molecule has 0 aromatic carbocycles. The van der Waals surface area contributed by atoms with Gasteiger partial charge in [0.15, 0.2) is 5.25 Å². The van der Waals surface area contributed by atoms with Crippen LogP contribution in [0.4, 0.5) is 0 Å². The number of hydrogen-bond donors (Lipinski definition) is 1. The van der Waals surface area contributed by atoms with Crippen LogP contribution in [0.1, 0.15) is 36.2 Å². The molecule has 20 heavy (non-hydrogen) atoms. The zero-order valence-electron chi connectivity index (χ0n) is 11.2. The minimum atomic E-state index is -3.80. The normalized spacial score (nSPS) is 25.1. The Morgan fingerprint density at radius 3 is 2.80 bits per heavy atom. The van der Waals surface area contributed by atoms with Gasteiger partial charge in [-0.15, -0.1) is 11.3 Å². The van der Waals surface area contributed by atoms with E-state index < -0.39 is 21.2 Å². The zero-order valence-corrected chi connectivity index (χ0v) is 12.8. The first-order valence-electron chi connectivity index (χ1n) is 6.72. The van der Waals surface area contributed by atoms with Crippen LogP contribution in [0.3, 0.4) is 0 Å². The molecule has 1 aliphatic heterocycles. The van der Waals surface area contributed by atoms with Crippen LogP contribution >= 0.6 is 11.3 Å². The van der Waals surface area contributed by atoms with Gasteiger partial charge in [-0.3, -0.25) is 4.79 Å². The molecule has 1 saturated carbocycles. The van der Waals surface area contributed by atoms with E-state index in [1.165, 1.54) is 16.1 Å². The molecular weight excluding hydrogens is 298 g/mol. The maximum absolute atomic E-state index is 12.5. The molecule has 5 nitrogen and oxygen atoms in total. The van der Waals surface area contributed by atoms with E-state index in [-0.39, 0.29) is 6.04 Å². The summed E-state index contributed by atoms with van der Waals surface area (Å²) in [5.74, 6) is -0.935. The van der Waals surface area contributed by atoms with E-state index in [0.29, 0.717) is 18.9 Å². The molecule has 7 heteroatoms. The fraction of sp³-hybridized carbons (Fsp3) is 0.615. The second-order valence-electron chi connectivity index (χ2n) is 5.47. The third-order valence-corrected chi connectivity index (χ3v) is 7.31. The molecular formula is C13H17NO4S2. The van der Waals surface area contributed by atoms with Gasteiger partial charge in [0.2, 0.25) is 10.0 Å². The number of aliphatic carboxylic acids is 1. The Kier molecular flexibility index (Phi) is 3.38. The number of nitrogens with zero attached hydrogens (tertiary/aromatic N) is 1. The van der Waals surface area contributed by atoms with Crippen LogP contribution in [0.25, 0.3) is 0 Å². The summed E-state index contributed by atoms with van der Waals surface area (Å²) in [4.78, 5) is 12.3. The third kappa shape index (κ3) is 2.17. The molecule has 0 saturated heterocycles. The molecule has 3 rings (SSSR count). The number of hydrogen-bond acceptors (Lipinski definition) is 4. The van der Waals surface area contributed by atoms with Crippen molar-refractivity contribution in [3.63, 3.8) is 0 Å². The lowest BCUT2D eigenvalue weighted by Crippen LogP contribution is -2.46. The number of fused-ring (bicyclic) bond motifs is 1. The number of sulfonamides is 1. The Labute approximate surface area is 122 Å². The van der Waals surface area contributed by atoms with Gasteiger partial charge < -0.3 is 5.11 Å². The lowest BCUT2D eigenvalue weighted by atomic mass is 9.98. The minimum Gasteiger partial charge on any atom is -0.480 e. The van der Waals surface area contributed by atoms with Crippen LogP contribution < -0.4 is 0 Å². The second-order valence-corrected chi connectivity index (χ2v) is 8.67. The largest absolute Gasteiger partial charge is 0.480 e. The maximum Gasteiger partial charge on any atom is 0.323 e. The predicted molar refractivity (Wildman–Crippen MR) is 76.2 cm³/mol. The van der Waals surface area contributed by atoms with Crippen molar-refractivity contribution in [2.24, 2.45) is 5.92 Å². The number of rotatable bonds is 4. The molecule has 0 spiro atoms. The van der Waals surface area contributed by atoms with Crippen molar-refractivity contribution < 1.29 is 18.3 Å². The zero-order chi connectivity index (χ0) is 14.5. The van der Waals surface area contributed by atoms with Gasteiger partial charge in [-0.1, -0.05) is 0 Å². The van der Waals surface area contributed by atoms with E-state index in [1.54, 1.807) is 11.3 Å². The van der Waals surface area contributed by atoms with E-state index >= 15 is 0 Å². The number of carboxylic acid groups (broad SMARTS) is 1. The molecule has 0 radical (unpaired) electrons. The smallest absolute Gasteiger partial charge is 0.323 e. The Balaban J connectivity index is 1.99. The number of thiophene rings is 1. The van der Waals surface area contributed by atoms with E-state index in [9.17, 15) is 13.2 Å². The van der Waals surface area contributed by atoms with Gasteiger partial charge in [-0.2, -0.15) is 4.31 Å². The average molecular weight is 315 g/mol. The molecule has 1 fully saturated rings. The number of carboxylic acids is 1. The SMILES string of the molecule is CC(C(=O)O)S(=O)(=O)N1CCc2sccc2C1C1CC1. The van der Waals surface area contributed by atoms with Gasteiger partial charge in [0, 0.05) is 11.4 Å². The highest BCUT2D eigenvalue weighted by Gasteiger charge is 2.47. The van der Waals surface area contributed by atoms with Crippen molar-refractivity contribution in [3.8, 4) is 0 Å². The van der Waals surface area contributed by atoms with Crippen molar-refractivity contribution in [2.75, 3.05) is 6.54 Å². The molecule has 2 unspecified atom stereocenters. The molecule has 1 aromatic rings. The Morgan fingerprint density at radius 1 is 1.50 bits per heavy atom. The second kappa shape index (κ2) is 4.82. The molecule has 2 atom stereocenters. The van der Waals surface area contributed by atoms with Crippen molar-refractivity contribution in [1.82, 2.24) is 4.31 Å². The van der Waals surface area contributed by atoms with Crippen molar-refractivity contribution in [3.05, 3.63) is 21.9 Å². The fourth-order valence-corrected chi connectivity index (χ4v) is 5.36. The van der Waals surface area contributed by atoms with Gasteiger partial charge in [0.1, 0.15) is 0 Å². The molecule has 110 valence electrons. The van der Waals surface area contributed by atoms with Gasteiger partial charge in [0.25, 0.3) is 0 Å². The summed E-state index contributed by atoms with van der Waals surface area (Å²) in [6.45, 7) is 1.65. The molecule has 2 heterocycles. The first kappa shape index (κ1) is 14.0. The third-order valence-electron chi connectivity index (χ3n) is 4.16. The van der Waals surface area contributed by atoms with Crippen LogP contribution in [-0.4, -0.2) is 35.6 Å². The highest BCUT2D eigenvalue weighted by molar-refractivity contribution is 7.90. The Morgan fingerprint density at radius 2 is 2.20 bits per heavy atom. The summed E-state index contributed by atoms with van der Waals surface area (Å²) in [6, 6.07) is 1.84. The van der Waals surface area contributed by atoms with Gasteiger partial charge >= 0.3 is 5.97 Å². The first-order valence-corrected chi connectivity index (χ1v) is 9.11. The summed E-state index contributed by atoms with van der Waals surface area (Å²) >= 11 is 1.66. The molecule has 0 bridgehead atoms. The minimum absolute atomic E-state index is 0.156. The van der Waals surface area contributed by atoms with Crippen molar-refractivity contribution in [2.45, 2.75) is 37.5 Å². The summed E-state index contributed by atoms with van der Waals surface area (Å²) in [5, 5.41) is 9.65. The van der Waals surface area contributed by atoms with E-state index in [2.05, 4.69) is 0 Å². The monoisotopic (exact) mass is 315 g/mol. The van der Waals surface area contributed by atoms with Crippen LogP contribution in [0.15, 0.2) is 11.4 Å².